The topological polar surface area (TPSA) is 53.1 Å². The first-order chi connectivity index (χ1) is 11.8. The zero-order valence-electron chi connectivity index (χ0n) is 15.0. The molecular weight excluding hydrogens is 345 g/mol. The van der Waals surface area contributed by atoms with Gasteiger partial charge in [-0.05, 0) is 37.0 Å². The van der Waals surface area contributed by atoms with Gasteiger partial charge in [0.1, 0.15) is 11.6 Å². The second kappa shape index (κ2) is 7.19. The zero-order chi connectivity index (χ0) is 18.2. The van der Waals surface area contributed by atoms with Gasteiger partial charge in [0.05, 0.1) is 7.11 Å². The lowest BCUT2D eigenvalue weighted by atomic mass is 9.94. The molecule has 1 aromatic rings. The fourth-order valence-corrected chi connectivity index (χ4v) is 5.06. The molecule has 2 atom stereocenters. The van der Waals surface area contributed by atoms with E-state index in [1.54, 1.807) is 31.6 Å². The van der Waals surface area contributed by atoms with E-state index in [1.165, 1.54) is 16.4 Å². The fourth-order valence-electron chi connectivity index (χ4n) is 3.84. The second-order valence-corrected chi connectivity index (χ2v) is 9.23. The van der Waals surface area contributed by atoms with Gasteiger partial charge in [-0.2, -0.15) is 17.0 Å². The van der Waals surface area contributed by atoms with E-state index >= 15 is 0 Å². The summed E-state index contributed by atoms with van der Waals surface area (Å²) in [7, 11) is 1.30. The molecule has 3 aliphatic rings. The number of halogens is 1. The van der Waals surface area contributed by atoms with E-state index in [0.29, 0.717) is 31.3 Å². The van der Waals surface area contributed by atoms with E-state index in [-0.39, 0.29) is 11.9 Å². The van der Waals surface area contributed by atoms with Crippen LogP contribution in [0.3, 0.4) is 0 Å². The van der Waals surface area contributed by atoms with Crippen molar-refractivity contribution in [2.75, 3.05) is 40.8 Å². The third-order valence-electron chi connectivity index (χ3n) is 5.20. The molecule has 0 aromatic heterocycles. The van der Waals surface area contributed by atoms with Crippen molar-refractivity contribution < 1.29 is 17.5 Å². The highest BCUT2D eigenvalue weighted by Crippen LogP contribution is 2.32. The number of nitrogens with zero attached hydrogens (tertiary/aromatic N) is 3. The minimum atomic E-state index is -3.41. The first kappa shape index (κ1) is 18.6. The molecule has 4 rings (SSSR count). The Balaban J connectivity index is 1.81. The van der Waals surface area contributed by atoms with Crippen LogP contribution in [0.2, 0.25) is 0 Å². The molecule has 3 aliphatic heterocycles. The summed E-state index contributed by atoms with van der Waals surface area (Å²) in [5.41, 5.74) is 0.803. The average molecular weight is 371 g/mol. The average Bonchev–Trinajstić information content (AvgIpc) is 2.87. The van der Waals surface area contributed by atoms with Crippen LogP contribution in [0.4, 0.5) is 4.39 Å². The number of hydrogen-bond donors (Lipinski definition) is 0. The van der Waals surface area contributed by atoms with Crippen LogP contribution in [0.15, 0.2) is 18.2 Å². The van der Waals surface area contributed by atoms with Crippen molar-refractivity contribution >= 4 is 10.2 Å². The lowest BCUT2D eigenvalue weighted by molar-refractivity contribution is 0.124. The van der Waals surface area contributed by atoms with Gasteiger partial charge in [-0.3, -0.25) is 4.90 Å². The Bertz CT molecular complexity index is 726. The molecule has 0 amide bonds. The molecule has 1 aromatic carbocycles. The van der Waals surface area contributed by atoms with Crippen molar-refractivity contribution in [2.45, 2.75) is 25.4 Å². The molecule has 25 heavy (non-hydrogen) atoms. The third-order valence-corrected chi connectivity index (χ3v) is 7.07. The summed E-state index contributed by atoms with van der Waals surface area (Å²) in [4.78, 5) is 2.27. The van der Waals surface area contributed by atoms with Crippen LogP contribution in [-0.2, 0) is 16.8 Å². The fraction of sp³-hybridized carbons (Fsp3) is 0.647. The highest BCUT2D eigenvalue weighted by Gasteiger charge is 2.39. The van der Waals surface area contributed by atoms with Crippen molar-refractivity contribution in [3.8, 4) is 5.75 Å². The smallest absolute Gasteiger partial charge is 0.281 e. The predicted molar refractivity (Wildman–Crippen MR) is 94.1 cm³/mol. The van der Waals surface area contributed by atoms with Crippen LogP contribution < -0.4 is 4.74 Å². The predicted octanol–water partition coefficient (Wildman–Crippen LogP) is 1.54. The van der Waals surface area contributed by atoms with Gasteiger partial charge >= 0.3 is 0 Å². The Kier molecular flexibility index (Phi) is 5.34. The molecule has 6 nitrogen and oxygen atoms in total. The first-order valence-corrected chi connectivity index (χ1v) is 9.95. The van der Waals surface area contributed by atoms with Gasteiger partial charge < -0.3 is 4.74 Å². The van der Waals surface area contributed by atoms with Crippen LogP contribution >= 0.6 is 0 Å². The van der Waals surface area contributed by atoms with Crippen LogP contribution in [-0.4, -0.2) is 68.8 Å². The number of benzene rings is 1. The van der Waals surface area contributed by atoms with Crippen molar-refractivity contribution in [3.63, 3.8) is 0 Å². The standard InChI is InChI=1S/C17H26FN3O3S/c1-19(2)25(22,23)21-10-13-4-6-16(12-21)20(9-13)11-14-8-15(18)5-7-17(14)24-3/h5,7-8,13,16H,4,6,9-12H2,1-3H3/t13-,16-/m0/s1. The molecule has 8 heteroatoms. The van der Waals surface area contributed by atoms with E-state index in [4.69, 9.17) is 4.74 Å². The van der Waals surface area contributed by atoms with E-state index in [1.807, 2.05) is 0 Å². The molecule has 0 radical (unpaired) electrons. The monoisotopic (exact) mass is 371 g/mol. The lowest BCUT2D eigenvalue weighted by Crippen LogP contribution is -2.45. The Labute approximate surface area is 149 Å². The summed E-state index contributed by atoms with van der Waals surface area (Å²) < 4.78 is 46.9. The summed E-state index contributed by atoms with van der Waals surface area (Å²) in [6.07, 6.45) is 1.99. The third kappa shape index (κ3) is 3.81. The van der Waals surface area contributed by atoms with E-state index in [9.17, 15) is 12.8 Å². The van der Waals surface area contributed by atoms with Crippen LogP contribution in [0.1, 0.15) is 18.4 Å². The quantitative estimate of drug-likeness (QED) is 0.788. The van der Waals surface area contributed by atoms with E-state index in [2.05, 4.69) is 4.90 Å². The molecule has 2 bridgehead atoms. The molecule has 0 spiro atoms. The molecule has 3 saturated heterocycles. The van der Waals surface area contributed by atoms with Gasteiger partial charge in [0.2, 0.25) is 0 Å². The van der Waals surface area contributed by atoms with Crippen molar-refractivity contribution in [1.82, 2.24) is 13.5 Å². The molecule has 140 valence electrons. The van der Waals surface area contributed by atoms with Gasteiger partial charge in [-0.25, -0.2) is 4.39 Å². The Morgan fingerprint density at radius 2 is 2.00 bits per heavy atom. The van der Waals surface area contributed by atoms with Crippen molar-refractivity contribution in [1.29, 1.82) is 0 Å². The Morgan fingerprint density at radius 3 is 2.68 bits per heavy atom. The minimum Gasteiger partial charge on any atom is -0.496 e. The highest BCUT2D eigenvalue weighted by molar-refractivity contribution is 7.86. The second-order valence-electron chi connectivity index (χ2n) is 7.09. The van der Waals surface area contributed by atoms with Gasteiger partial charge in [-0.1, -0.05) is 0 Å². The molecule has 0 aliphatic carbocycles. The number of hydrogen-bond acceptors (Lipinski definition) is 4. The Morgan fingerprint density at radius 1 is 1.24 bits per heavy atom. The maximum absolute atomic E-state index is 13.6. The van der Waals surface area contributed by atoms with Crippen molar-refractivity contribution in [3.05, 3.63) is 29.6 Å². The molecular formula is C17H26FN3O3S. The zero-order valence-corrected chi connectivity index (χ0v) is 15.8. The minimum absolute atomic E-state index is 0.140. The van der Waals surface area contributed by atoms with E-state index in [0.717, 1.165) is 24.9 Å². The molecule has 3 fully saturated rings. The largest absolute Gasteiger partial charge is 0.496 e. The lowest BCUT2D eigenvalue weighted by Gasteiger charge is -2.36. The molecule has 0 N–H and O–H groups in total. The maximum atomic E-state index is 13.6. The Hall–Kier alpha value is -1.22. The summed E-state index contributed by atoms with van der Waals surface area (Å²) >= 11 is 0. The summed E-state index contributed by atoms with van der Waals surface area (Å²) in [6, 6.07) is 4.68. The molecule has 0 unspecified atom stereocenters. The van der Waals surface area contributed by atoms with Crippen molar-refractivity contribution in [2.24, 2.45) is 5.92 Å². The van der Waals surface area contributed by atoms with Crippen LogP contribution in [0.5, 0.6) is 5.75 Å². The summed E-state index contributed by atoms with van der Waals surface area (Å²) in [5.74, 6) is 0.680. The number of piperidine rings is 1. The molecule has 0 saturated carbocycles. The molecule has 3 heterocycles. The van der Waals surface area contributed by atoms with Crippen LogP contribution in [0, 0.1) is 11.7 Å². The SMILES string of the molecule is COc1ccc(F)cc1CN1C[C@@H]2CC[C@H]1CN(S(=O)(=O)N(C)C)C2. The summed E-state index contributed by atoms with van der Waals surface area (Å²) in [5, 5.41) is 0. The highest BCUT2D eigenvalue weighted by atomic mass is 32.2. The maximum Gasteiger partial charge on any atom is 0.281 e. The van der Waals surface area contributed by atoms with Gasteiger partial charge in [-0.15, -0.1) is 0 Å². The number of ether oxygens (including phenoxy) is 1. The first-order valence-electron chi connectivity index (χ1n) is 8.55. The van der Waals surface area contributed by atoms with Gasteiger partial charge in [0.25, 0.3) is 10.2 Å². The summed E-state index contributed by atoms with van der Waals surface area (Å²) in [6.45, 7) is 2.42. The number of methoxy groups -OCH3 is 1. The van der Waals surface area contributed by atoms with Crippen LogP contribution in [0.25, 0.3) is 0 Å². The van der Waals surface area contributed by atoms with Gasteiger partial charge in [0.15, 0.2) is 0 Å². The normalized spacial score (nSPS) is 25.3. The number of fused-ring (bicyclic) bond motifs is 4. The number of rotatable bonds is 5. The van der Waals surface area contributed by atoms with Gasteiger partial charge in [0, 0.05) is 51.9 Å². The van der Waals surface area contributed by atoms with E-state index < -0.39 is 10.2 Å².